The van der Waals surface area contributed by atoms with Crippen LogP contribution in [0, 0.1) is 10.1 Å². The highest BCUT2D eigenvalue weighted by Gasteiger charge is 2.30. The number of nitrogens with zero attached hydrogens (tertiary/aromatic N) is 4. The van der Waals surface area contributed by atoms with Gasteiger partial charge < -0.3 is 24.4 Å². The summed E-state index contributed by atoms with van der Waals surface area (Å²) >= 11 is 6.03. The maximum atomic E-state index is 13.1. The second kappa shape index (κ2) is 10.2. The van der Waals surface area contributed by atoms with Gasteiger partial charge in [-0.15, -0.1) is 0 Å². The number of ether oxygens (including phenoxy) is 3. The van der Waals surface area contributed by atoms with E-state index in [-0.39, 0.29) is 29.5 Å². The average Bonchev–Trinajstić information content (AvgIpc) is 3.48. The van der Waals surface area contributed by atoms with Crippen LogP contribution in [0.25, 0.3) is 0 Å². The van der Waals surface area contributed by atoms with Crippen molar-refractivity contribution in [2.45, 2.75) is 31.9 Å². The third-order valence-electron chi connectivity index (χ3n) is 5.39. The lowest BCUT2D eigenvalue weighted by atomic mass is 10.1. The van der Waals surface area contributed by atoms with Crippen molar-refractivity contribution >= 4 is 29.1 Å². The molecule has 0 radical (unpaired) electrons. The molecule has 0 spiro atoms. The van der Waals surface area contributed by atoms with E-state index in [0.29, 0.717) is 68.2 Å². The predicted octanol–water partition coefficient (Wildman–Crippen LogP) is 2.93. The zero-order valence-electron chi connectivity index (χ0n) is 18.0. The van der Waals surface area contributed by atoms with Crippen LogP contribution in [0.4, 0.5) is 11.6 Å². The lowest BCUT2D eigenvalue weighted by Gasteiger charge is -2.18. The second-order valence-electron chi connectivity index (χ2n) is 7.70. The topological polar surface area (TPSA) is 129 Å². The highest BCUT2D eigenvalue weighted by molar-refractivity contribution is 6.31. The van der Waals surface area contributed by atoms with E-state index in [1.807, 2.05) is 6.92 Å². The highest BCUT2D eigenvalue weighted by atomic mass is 35.5. The maximum absolute atomic E-state index is 13.1. The van der Waals surface area contributed by atoms with E-state index in [1.165, 1.54) is 24.4 Å². The Hall–Kier alpha value is -3.18. The fourth-order valence-corrected chi connectivity index (χ4v) is 3.91. The molecule has 176 valence electrons. The van der Waals surface area contributed by atoms with Crippen LogP contribution in [0.15, 0.2) is 24.4 Å². The summed E-state index contributed by atoms with van der Waals surface area (Å²) < 4.78 is 16.4. The molecular weight excluding hydrogens is 454 g/mol. The van der Waals surface area contributed by atoms with E-state index in [1.54, 1.807) is 4.90 Å². The zero-order chi connectivity index (χ0) is 23.4. The molecule has 0 aliphatic carbocycles. The number of nitro benzene ring substituents is 1. The first kappa shape index (κ1) is 23.0. The van der Waals surface area contributed by atoms with Gasteiger partial charge in [0.05, 0.1) is 30.9 Å². The van der Waals surface area contributed by atoms with E-state index in [0.717, 1.165) is 0 Å². The molecule has 12 heteroatoms. The number of likely N-dealkylation sites (tertiary alicyclic amines) is 1. The SMILES string of the molecule is CCOc1nc(N[C@@H]2CCN(C(=O)c3ccc([N+](=O)[O-])c(OC4CCOC4)c3)C2)ncc1Cl. The largest absolute Gasteiger partial charge is 0.481 e. The summed E-state index contributed by atoms with van der Waals surface area (Å²) in [6, 6.07) is 4.14. The minimum Gasteiger partial charge on any atom is -0.481 e. The van der Waals surface area contributed by atoms with Gasteiger partial charge in [-0.2, -0.15) is 4.98 Å². The number of carbonyl (C=O) groups excluding carboxylic acids is 1. The monoisotopic (exact) mass is 477 g/mol. The maximum Gasteiger partial charge on any atom is 0.310 e. The first-order valence-electron chi connectivity index (χ1n) is 10.7. The van der Waals surface area contributed by atoms with E-state index in [9.17, 15) is 14.9 Å². The van der Waals surface area contributed by atoms with E-state index < -0.39 is 4.92 Å². The molecule has 0 bridgehead atoms. The van der Waals surface area contributed by atoms with Crippen molar-refractivity contribution in [2.24, 2.45) is 0 Å². The molecule has 1 amide bonds. The Kier molecular flexibility index (Phi) is 7.09. The molecule has 2 fully saturated rings. The van der Waals surface area contributed by atoms with Crippen LogP contribution in [0.2, 0.25) is 5.02 Å². The Morgan fingerprint density at radius 2 is 2.27 bits per heavy atom. The third kappa shape index (κ3) is 5.42. The first-order chi connectivity index (χ1) is 15.9. The van der Waals surface area contributed by atoms with Crippen LogP contribution >= 0.6 is 11.6 Å². The number of nitrogens with one attached hydrogen (secondary N) is 1. The normalized spacial score (nSPS) is 20.0. The third-order valence-corrected chi connectivity index (χ3v) is 5.65. The number of carbonyl (C=O) groups is 1. The van der Waals surface area contributed by atoms with Crippen molar-refractivity contribution in [2.75, 3.05) is 38.2 Å². The van der Waals surface area contributed by atoms with Gasteiger partial charge in [-0.25, -0.2) is 4.98 Å². The Labute approximate surface area is 195 Å². The molecule has 1 aromatic heterocycles. The van der Waals surface area contributed by atoms with Crippen molar-refractivity contribution < 1.29 is 23.9 Å². The quantitative estimate of drug-likeness (QED) is 0.450. The van der Waals surface area contributed by atoms with Crippen LogP contribution < -0.4 is 14.8 Å². The molecule has 1 aromatic carbocycles. The van der Waals surface area contributed by atoms with Gasteiger partial charge in [-0.05, 0) is 19.4 Å². The van der Waals surface area contributed by atoms with Crippen molar-refractivity contribution in [3.8, 4) is 11.6 Å². The van der Waals surface area contributed by atoms with E-state index in [4.69, 9.17) is 25.8 Å². The fraction of sp³-hybridized carbons (Fsp3) is 0.476. The molecule has 4 rings (SSSR count). The summed E-state index contributed by atoms with van der Waals surface area (Å²) in [5.41, 5.74) is 0.154. The second-order valence-corrected chi connectivity index (χ2v) is 8.11. The summed E-state index contributed by atoms with van der Waals surface area (Å²) in [4.78, 5) is 34.1. The number of amides is 1. The predicted molar refractivity (Wildman–Crippen MR) is 119 cm³/mol. The average molecular weight is 478 g/mol. The Bertz CT molecular complexity index is 1030. The van der Waals surface area contributed by atoms with Crippen LogP contribution in [-0.4, -0.2) is 70.8 Å². The van der Waals surface area contributed by atoms with E-state index in [2.05, 4.69) is 15.3 Å². The van der Waals surface area contributed by atoms with Gasteiger partial charge in [-0.1, -0.05) is 11.6 Å². The number of hydrogen-bond acceptors (Lipinski definition) is 9. The van der Waals surface area contributed by atoms with Gasteiger partial charge in [0.25, 0.3) is 5.91 Å². The van der Waals surface area contributed by atoms with Gasteiger partial charge in [0.1, 0.15) is 11.1 Å². The Morgan fingerprint density at radius 1 is 1.42 bits per heavy atom. The van der Waals surface area contributed by atoms with Gasteiger partial charge >= 0.3 is 5.69 Å². The summed E-state index contributed by atoms with van der Waals surface area (Å²) in [6.45, 7) is 4.12. The number of anilines is 1. The number of halogens is 1. The zero-order valence-corrected chi connectivity index (χ0v) is 18.8. The van der Waals surface area contributed by atoms with Crippen molar-refractivity contribution in [3.05, 3.63) is 45.1 Å². The minimum absolute atomic E-state index is 0.0611. The lowest BCUT2D eigenvalue weighted by molar-refractivity contribution is -0.386. The van der Waals surface area contributed by atoms with Gasteiger partial charge in [-0.3, -0.25) is 14.9 Å². The van der Waals surface area contributed by atoms with Crippen LogP contribution in [0.1, 0.15) is 30.1 Å². The van der Waals surface area contributed by atoms with Gasteiger partial charge in [0.2, 0.25) is 11.8 Å². The molecule has 2 saturated heterocycles. The number of nitro groups is 1. The molecule has 2 atom stereocenters. The molecule has 3 heterocycles. The van der Waals surface area contributed by atoms with Crippen molar-refractivity contribution in [3.63, 3.8) is 0 Å². The van der Waals surface area contributed by atoms with Crippen molar-refractivity contribution in [1.82, 2.24) is 14.9 Å². The Morgan fingerprint density at radius 3 is 3.00 bits per heavy atom. The standard InChI is InChI=1S/C21H24ClN5O6/c1-2-32-19-16(22)10-23-21(25-19)24-14-5-7-26(11-14)20(28)13-3-4-17(27(29)30)18(9-13)33-15-6-8-31-12-15/h3-4,9-10,14-15H,2,5-8,11-12H2,1H3,(H,23,24,25)/t14-,15?/m1/s1. The number of hydrogen-bond donors (Lipinski definition) is 1. The number of aromatic nitrogens is 2. The van der Waals surface area contributed by atoms with Crippen LogP contribution in [0.3, 0.4) is 0 Å². The molecular formula is C21H24ClN5O6. The number of benzene rings is 1. The van der Waals surface area contributed by atoms with Crippen LogP contribution in [0.5, 0.6) is 11.6 Å². The van der Waals surface area contributed by atoms with Crippen LogP contribution in [-0.2, 0) is 4.74 Å². The molecule has 0 saturated carbocycles. The summed E-state index contributed by atoms with van der Waals surface area (Å²) in [5, 5.41) is 14.9. The number of rotatable bonds is 8. The molecule has 1 N–H and O–H groups in total. The Balaban J connectivity index is 1.43. The van der Waals surface area contributed by atoms with Gasteiger partial charge in [0, 0.05) is 43.2 Å². The molecule has 11 nitrogen and oxygen atoms in total. The molecule has 33 heavy (non-hydrogen) atoms. The first-order valence-corrected chi connectivity index (χ1v) is 11.1. The highest BCUT2D eigenvalue weighted by Crippen LogP contribution is 2.31. The lowest BCUT2D eigenvalue weighted by Crippen LogP contribution is -2.32. The summed E-state index contributed by atoms with van der Waals surface area (Å²) in [5.74, 6) is 0.516. The van der Waals surface area contributed by atoms with Gasteiger partial charge in [0.15, 0.2) is 5.75 Å². The molecule has 2 aliphatic heterocycles. The summed E-state index contributed by atoms with van der Waals surface area (Å²) in [7, 11) is 0. The molecule has 1 unspecified atom stereocenters. The fourth-order valence-electron chi connectivity index (χ4n) is 3.76. The molecule has 2 aliphatic rings. The molecule has 2 aromatic rings. The minimum atomic E-state index is -0.516. The smallest absolute Gasteiger partial charge is 0.310 e. The van der Waals surface area contributed by atoms with E-state index >= 15 is 0 Å². The summed E-state index contributed by atoms with van der Waals surface area (Å²) in [6.07, 6.45) is 2.53. The van der Waals surface area contributed by atoms with Crippen molar-refractivity contribution in [1.29, 1.82) is 0 Å².